The molecule has 2 nitrogen and oxygen atoms in total. The molecule has 0 aliphatic heterocycles. The molecule has 0 radical (unpaired) electrons. The third kappa shape index (κ3) is 3.16. The first-order valence-electron chi connectivity index (χ1n) is 7.52. The lowest BCUT2D eigenvalue weighted by Crippen LogP contribution is -2.28. The molecule has 1 atom stereocenters. The molecule has 0 saturated carbocycles. The maximum atomic E-state index is 6.26. The fourth-order valence-electron chi connectivity index (χ4n) is 2.96. The van der Waals surface area contributed by atoms with E-state index in [-0.39, 0.29) is 6.04 Å². The van der Waals surface area contributed by atoms with Crippen molar-refractivity contribution in [2.75, 3.05) is 0 Å². The van der Waals surface area contributed by atoms with Crippen molar-refractivity contribution < 1.29 is 0 Å². The number of nitrogens with two attached hydrogens (primary N) is 1. The van der Waals surface area contributed by atoms with Gasteiger partial charge in [-0.05, 0) is 61.4 Å². The predicted octanol–water partition coefficient (Wildman–Crippen LogP) is 4.53. The Morgan fingerprint density at radius 3 is 2.76 bits per heavy atom. The summed E-state index contributed by atoms with van der Waals surface area (Å²) in [6.45, 7) is 2.02. The van der Waals surface area contributed by atoms with Crippen molar-refractivity contribution >= 4 is 22.9 Å². The molecule has 0 amide bonds. The number of aryl methyl sites for hydroxylation is 3. The molecule has 4 heteroatoms. The molecule has 0 fully saturated rings. The average Bonchev–Trinajstić information content (AvgIpc) is 2.74. The first-order valence-corrected chi connectivity index (χ1v) is 8.72. The first-order chi connectivity index (χ1) is 10.2. The number of fused-ring (bicyclic) bond motifs is 1. The van der Waals surface area contributed by atoms with Crippen molar-refractivity contribution in [3.05, 3.63) is 55.7 Å². The Balaban J connectivity index is 1.94. The van der Waals surface area contributed by atoms with Crippen LogP contribution < -0.4 is 11.3 Å². The highest BCUT2D eigenvalue weighted by molar-refractivity contribution is 7.12. The van der Waals surface area contributed by atoms with E-state index in [1.165, 1.54) is 42.5 Å². The molecule has 21 heavy (non-hydrogen) atoms. The summed E-state index contributed by atoms with van der Waals surface area (Å²) in [6.07, 6.45) is 6.39. The lowest BCUT2D eigenvalue weighted by molar-refractivity contribution is 0.645. The summed E-state index contributed by atoms with van der Waals surface area (Å²) >= 11 is 8.16. The minimum atomic E-state index is 0.0278. The first kappa shape index (κ1) is 15.0. The summed E-state index contributed by atoms with van der Waals surface area (Å²) in [4.78, 5) is 2.84. The van der Waals surface area contributed by atoms with Crippen LogP contribution in [-0.2, 0) is 12.8 Å². The summed E-state index contributed by atoms with van der Waals surface area (Å²) in [5, 5.41) is 0.797. The van der Waals surface area contributed by atoms with Crippen molar-refractivity contribution in [1.29, 1.82) is 0 Å². The predicted molar refractivity (Wildman–Crippen MR) is 90.9 cm³/mol. The number of hydrogen-bond acceptors (Lipinski definition) is 3. The standard InChI is InChI=1S/C17H21ClN2S/c1-11-7-8-13(9-14(11)18)17(20-19)16-10-12-5-3-2-4-6-15(12)21-16/h7-10,17,20H,2-6,19H2,1H3. The molecule has 3 N–H and O–H groups in total. The van der Waals surface area contributed by atoms with Gasteiger partial charge in [-0.1, -0.05) is 30.2 Å². The SMILES string of the molecule is Cc1ccc(C(NN)c2cc3c(s2)CCCCC3)cc1Cl. The van der Waals surface area contributed by atoms with Gasteiger partial charge in [-0.15, -0.1) is 11.3 Å². The van der Waals surface area contributed by atoms with Gasteiger partial charge < -0.3 is 0 Å². The number of nitrogens with one attached hydrogen (secondary N) is 1. The minimum Gasteiger partial charge on any atom is -0.271 e. The zero-order valence-electron chi connectivity index (χ0n) is 12.3. The van der Waals surface area contributed by atoms with E-state index in [1.807, 2.05) is 24.3 Å². The molecule has 1 aliphatic rings. The zero-order valence-corrected chi connectivity index (χ0v) is 13.9. The van der Waals surface area contributed by atoms with Gasteiger partial charge >= 0.3 is 0 Å². The monoisotopic (exact) mass is 320 g/mol. The van der Waals surface area contributed by atoms with Crippen molar-refractivity contribution in [2.24, 2.45) is 5.84 Å². The molecule has 3 rings (SSSR count). The van der Waals surface area contributed by atoms with Gasteiger partial charge in [0, 0.05) is 14.8 Å². The smallest absolute Gasteiger partial charge is 0.0803 e. The van der Waals surface area contributed by atoms with Crippen LogP contribution in [0.3, 0.4) is 0 Å². The Morgan fingerprint density at radius 2 is 2.00 bits per heavy atom. The number of halogens is 1. The number of hydrazine groups is 1. The molecular weight excluding hydrogens is 300 g/mol. The Labute approximate surface area is 135 Å². The second-order valence-electron chi connectivity index (χ2n) is 5.77. The van der Waals surface area contributed by atoms with Gasteiger partial charge in [-0.25, -0.2) is 5.43 Å². The Morgan fingerprint density at radius 1 is 1.19 bits per heavy atom. The molecule has 0 saturated heterocycles. The molecule has 0 bridgehead atoms. The van der Waals surface area contributed by atoms with Gasteiger partial charge in [0.1, 0.15) is 0 Å². The maximum Gasteiger partial charge on any atom is 0.0803 e. The minimum absolute atomic E-state index is 0.0278. The Kier molecular flexibility index (Phi) is 4.65. The number of rotatable bonds is 3. The lowest BCUT2D eigenvalue weighted by atomic mass is 10.0. The van der Waals surface area contributed by atoms with Gasteiger partial charge in [0.2, 0.25) is 0 Å². The van der Waals surface area contributed by atoms with Crippen LogP contribution in [0.4, 0.5) is 0 Å². The fourth-order valence-corrected chi connectivity index (χ4v) is 4.50. The van der Waals surface area contributed by atoms with Gasteiger partial charge in [-0.3, -0.25) is 5.84 Å². The topological polar surface area (TPSA) is 38.0 Å². The van der Waals surface area contributed by atoms with E-state index in [0.717, 1.165) is 16.1 Å². The van der Waals surface area contributed by atoms with Crippen LogP contribution in [-0.4, -0.2) is 0 Å². The van der Waals surface area contributed by atoms with E-state index in [2.05, 4.69) is 23.6 Å². The second-order valence-corrected chi connectivity index (χ2v) is 7.34. The van der Waals surface area contributed by atoms with Crippen LogP contribution >= 0.6 is 22.9 Å². The molecule has 1 unspecified atom stereocenters. The maximum absolute atomic E-state index is 6.26. The average molecular weight is 321 g/mol. The van der Waals surface area contributed by atoms with Crippen LogP contribution in [0.1, 0.15) is 51.7 Å². The molecule has 1 heterocycles. The highest BCUT2D eigenvalue weighted by Crippen LogP contribution is 2.35. The van der Waals surface area contributed by atoms with Crippen LogP contribution in [0.15, 0.2) is 24.3 Å². The summed E-state index contributed by atoms with van der Waals surface area (Å²) in [6, 6.07) is 8.55. The molecule has 2 aromatic rings. The highest BCUT2D eigenvalue weighted by atomic mass is 35.5. The number of hydrogen-bond donors (Lipinski definition) is 2. The van der Waals surface area contributed by atoms with E-state index in [9.17, 15) is 0 Å². The summed E-state index contributed by atoms with van der Waals surface area (Å²) in [5.41, 5.74) is 6.70. The van der Waals surface area contributed by atoms with E-state index >= 15 is 0 Å². The van der Waals surface area contributed by atoms with E-state index < -0.39 is 0 Å². The van der Waals surface area contributed by atoms with Gasteiger partial charge in [0.05, 0.1) is 6.04 Å². The second kappa shape index (κ2) is 6.49. The molecule has 0 spiro atoms. The quantitative estimate of drug-likeness (QED) is 0.495. The molecule has 112 valence electrons. The fraction of sp³-hybridized carbons (Fsp3) is 0.412. The summed E-state index contributed by atoms with van der Waals surface area (Å²) < 4.78 is 0. The lowest BCUT2D eigenvalue weighted by Gasteiger charge is -2.15. The molecular formula is C17H21ClN2S. The van der Waals surface area contributed by atoms with Crippen molar-refractivity contribution in [3.8, 4) is 0 Å². The van der Waals surface area contributed by atoms with Crippen LogP contribution in [0, 0.1) is 6.92 Å². The normalized spacial score (nSPS) is 16.3. The van der Waals surface area contributed by atoms with Crippen molar-refractivity contribution in [2.45, 2.75) is 45.1 Å². The molecule has 1 aromatic carbocycles. The number of thiophene rings is 1. The van der Waals surface area contributed by atoms with Crippen molar-refractivity contribution in [3.63, 3.8) is 0 Å². The Hall–Kier alpha value is -0.870. The van der Waals surface area contributed by atoms with E-state index in [4.69, 9.17) is 17.4 Å². The van der Waals surface area contributed by atoms with Gasteiger partial charge in [0.15, 0.2) is 0 Å². The molecule has 1 aromatic heterocycles. The molecule has 1 aliphatic carbocycles. The third-order valence-electron chi connectivity index (χ3n) is 4.25. The highest BCUT2D eigenvalue weighted by Gasteiger charge is 2.19. The Bertz CT molecular complexity index is 612. The zero-order chi connectivity index (χ0) is 14.8. The third-order valence-corrected chi connectivity index (χ3v) is 5.96. The van der Waals surface area contributed by atoms with Crippen LogP contribution in [0.5, 0.6) is 0 Å². The number of benzene rings is 1. The summed E-state index contributed by atoms with van der Waals surface area (Å²) in [5.74, 6) is 5.83. The van der Waals surface area contributed by atoms with Gasteiger partial charge in [0.25, 0.3) is 0 Å². The van der Waals surface area contributed by atoms with E-state index in [1.54, 1.807) is 4.88 Å². The van der Waals surface area contributed by atoms with Crippen molar-refractivity contribution in [1.82, 2.24) is 5.43 Å². The van der Waals surface area contributed by atoms with Gasteiger partial charge in [-0.2, -0.15) is 0 Å². The summed E-state index contributed by atoms with van der Waals surface area (Å²) in [7, 11) is 0. The largest absolute Gasteiger partial charge is 0.271 e. The van der Waals surface area contributed by atoms with Crippen LogP contribution in [0.25, 0.3) is 0 Å². The van der Waals surface area contributed by atoms with Crippen LogP contribution in [0.2, 0.25) is 5.02 Å². The van der Waals surface area contributed by atoms with E-state index in [0.29, 0.717) is 0 Å².